The van der Waals surface area contributed by atoms with Gasteiger partial charge in [-0.25, -0.2) is 9.78 Å². The summed E-state index contributed by atoms with van der Waals surface area (Å²) in [5, 5.41) is 9.78. The molecule has 1 unspecified atom stereocenters. The van der Waals surface area contributed by atoms with Crippen LogP contribution in [0.25, 0.3) is 5.52 Å². The Hall–Kier alpha value is -2.08. The van der Waals surface area contributed by atoms with Crippen LogP contribution in [-0.2, 0) is 4.74 Å². The molecule has 0 radical (unpaired) electrons. The quantitative estimate of drug-likeness (QED) is 0.753. The molecule has 2 aromatic rings. The van der Waals surface area contributed by atoms with E-state index in [-0.39, 0.29) is 17.5 Å². The van der Waals surface area contributed by atoms with Crippen LogP contribution >= 0.6 is 0 Å². The maximum Gasteiger partial charge on any atom is 0.359 e. The second kappa shape index (κ2) is 4.06. The molecule has 3 N–H and O–H groups in total. The number of hydrogen-bond donors (Lipinski definition) is 2. The number of hydrogen-bond acceptors (Lipinski definition) is 5. The molecule has 17 heavy (non-hydrogen) atoms. The van der Waals surface area contributed by atoms with Gasteiger partial charge < -0.3 is 15.6 Å². The van der Waals surface area contributed by atoms with E-state index < -0.39 is 5.97 Å². The summed E-state index contributed by atoms with van der Waals surface area (Å²) in [6.45, 7) is 1.75. The normalized spacial score (nSPS) is 12.6. The van der Waals surface area contributed by atoms with Crippen LogP contribution in [0.5, 0.6) is 5.75 Å². The van der Waals surface area contributed by atoms with E-state index in [0.717, 1.165) is 0 Å². The lowest BCUT2D eigenvalue weighted by Crippen LogP contribution is -2.09. The number of aromatic nitrogens is 2. The Bertz CT molecular complexity index is 575. The van der Waals surface area contributed by atoms with E-state index in [9.17, 15) is 9.90 Å². The van der Waals surface area contributed by atoms with Crippen molar-refractivity contribution in [3.63, 3.8) is 0 Å². The lowest BCUT2D eigenvalue weighted by molar-refractivity contribution is 0.0596. The second-order valence-electron chi connectivity index (χ2n) is 3.71. The highest BCUT2D eigenvalue weighted by Crippen LogP contribution is 2.25. The summed E-state index contributed by atoms with van der Waals surface area (Å²) in [5.74, 6) is -0.139. The molecule has 0 amide bonds. The highest BCUT2D eigenvalue weighted by Gasteiger charge is 2.21. The minimum absolute atomic E-state index is 0.0349. The summed E-state index contributed by atoms with van der Waals surface area (Å²) in [6.07, 6.45) is 1.69. The monoisotopic (exact) mass is 235 g/mol. The molecular formula is C11H13N3O3. The maximum absolute atomic E-state index is 11.6. The molecule has 0 aliphatic rings. The van der Waals surface area contributed by atoms with E-state index in [2.05, 4.69) is 9.72 Å². The fraction of sp³-hybridized carbons (Fsp3) is 0.273. The molecule has 6 nitrogen and oxygen atoms in total. The minimum Gasteiger partial charge on any atom is -0.506 e. The first kappa shape index (κ1) is 11.4. The van der Waals surface area contributed by atoms with Crippen LogP contribution in [0.3, 0.4) is 0 Å². The number of carbonyl (C=O) groups excluding carboxylic acids is 1. The third-order valence-corrected chi connectivity index (χ3v) is 2.46. The van der Waals surface area contributed by atoms with Crippen LogP contribution in [-0.4, -0.2) is 27.6 Å². The molecule has 0 aliphatic carbocycles. The van der Waals surface area contributed by atoms with E-state index in [0.29, 0.717) is 11.3 Å². The first-order valence-corrected chi connectivity index (χ1v) is 5.10. The summed E-state index contributed by atoms with van der Waals surface area (Å²) >= 11 is 0. The highest BCUT2D eigenvalue weighted by atomic mass is 16.5. The number of methoxy groups -OCH3 is 1. The van der Waals surface area contributed by atoms with E-state index in [1.807, 2.05) is 0 Å². The molecule has 90 valence electrons. The Kier molecular flexibility index (Phi) is 2.72. The molecule has 2 aromatic heterocycles. The van der Waals surface area contributed by atoms with Crippen LogP contribution in [0.2, 0.25) is 0 Å². The standard InChI is InChI=1S/C11H13N3O3/c1-6(12)10-13-8(11(16)17-2)9-7(15)4-3-5-14(9)10/h3-6,15H,12H2,1-2H3. The Labute approximate surface area is 97.6 Å². The van der Waals surface area contributed by atoms with Crippen molar-refractivity contribution >= 4 is 11.5 Å². The number of esters is 1. The lowest BCUT2D eigenvalue weighted by Gasteiger charge is -2.04. The largest absolute Gasteiger partial charge is 0.506 e. The predicted octanol–water partition coefficient (Wildman–Crippen LogP) is 0.846. The van der Waals surface area contributed by atoms with Gasteiger partial charge in [0.25, 0.3) is 0 Å². The average molecular weight is 235 g/mol. The van der Waals surface area contributed by atoms with Crippen molar-refractivity contribution < 1.29 is 14.6 Å². The number of fused-ring (bicyclic) bond motifs is 1. The Morgan fingerprint density at radius 3 is 2.94 bits per heavy atom. The van der Waals surface area contributed by atoms with E-state index >= 15 is 0 Å². The van der Waals surface area contributed by atoms with Gasteiger partial charge in [-0.05, 0) is 19.1 Å². The summed E-state index contributed by atoms with van der Waals surface area (Å²) in [6, 6.07) is 2.77. The molecule has 0 bridgehead atoms. The van der Waals surface area contributed by atoms with Crippen LogP contribution in [0.4, 0.5) is 0 Å². The van der Waals surface area contributed by atoms with Gasteiger partial charge in [-0.1, -0.05) is 0 Å². The van der Waals surface area contributed by atoms with E-state index in [4.69, 9.17) is 5.73 Å². The summed E-state index contributed by atoms with van der Waals surface area (Å²) in [4.78, 5) is 15.7. The van der Waals surface area contributed by atoms with Gasteiger partial charge in [-0.15, -0.1) is 0 Å². The molecule has 0 fully saturated rings. The molecular weight excluding hydrogens is 222 g/mol. The molecule has 0 saturated heterocycles. The number of pyridine rings is 1. The van der Waals surface area contributed by atoms with Crippen molar-refractivity contribution in [1.82, 2.24) is 9.38 Å². The first-order chi connectivity index (χ1) is 8.06. The summed E-state index contributed by atoms with van der Waals surface area (Å²) < 4.78 is 6.22. The third kappa shape index (κ3) is 1.72. The van der Waals surface area contributed by atoms with Gasteiger partial charge >= 0.3 is 5.97 Å². The molecule has 1 atom stereocenters. The van der Waals surface area contributed by atoms with Gasteiger partial charge in [-0.3, -0.25) is 4.40 Å². The van der Waals surface area contributed by atoms with Crippen molar-refractivity contribution in [2.75, 3.05) is 7.11 Å². The summed E-state index contributed by atoms with van der Waals surface area (Å²) in [5.41, 5.74) is 6.15. The van der Waals surface area contributed by atoms with Crippen LogP contribution in [0.15, 0.2) is 18.3 Å². The lowest BCUT2D eigenvalue weighted by atomic mass is 10.3. The van der Waals surface area contributed by atoms with Gasteiger partial charge in [-0.2, -0.15) is 0 Å². The number of nitrogens with two attached hydrogens (primary N) is 1. The zero-order valence-corrected chi connectivity index (χ0v) is 9.54. The second-order valence-corrected chi connectivity index (χ2v) is 3.71. The van der Waals surface area contributed by atoms with Gasteiger partial charge in [0.2, 0.25) is 0 Å². The Morgan fingerprint density at radius 2 is 2.35 bits per heavy atom. The topological polar surface area (TPSA) is 89.8 Å². The molecule has 0 aliphatic heterocycles. The van der Waals surface area contributed by atoms with E-state index in [1.165, 1.54) is 13.2 Å². The van der Waals surface area contributed by atoms with Gasteiger partial charge in [0.05, 0.1) is 13.2 Å². The molecule has 0 aromatic carbocycles. The van der Waals surface area contributed by atoms with Gasteiger partial charge in [0.1, 0.15) is 17.1 Å². The number of carbonyl (C=O) groups is 1. The SMILES string of the molecule is COC(=O)c1nc(C(C)N)n2cccc(O)c12. The molecule has 0 saturated carbocycles. The zero-order valence-electron chi connectivity index (χ0n) is 9.54. The number of imidazole rings is 1. The number of nitrogens with zero attached hydrogens (tertiary/aromatic N) is 2. The van der Waals surface area contributed by atoms with Gasteiger partial charge in [0.15, 0.2) is 5.69 Å². The number of rotatable bonds is 2. The van der Waals surface area contributed by atoms with Gasteiger partial charge in [0, 0.05) is 6.20 Å². The zero-order chi connectivity index (χ0) is 12.6. The molecule has 0 spiro atoms. The summed E-state index contributed by atoms with van der Waals surface area (Å²) in [7, 11) is 1.26. The highest BCUT2D eigenvalue weighted by molar-refractivity contribution is 5.96. The third-order valence-electron chi connectivity index (χ3n) is 2.46. The van der Waals surface area contributed by atoms with Crippen molar-refractivity contribution in [3.8, 4) is 5.75 Å². The van der Waals surface area contributed by atoms with E-state index in [1.54, 1.807) is 23.6 Å². The predicted molar refractivity (Wildman–Crippen MR) is 60.8 cm³/mol. The Morgan fingerprint density at radius 1 is 1.65 bits per heavy atom. The molecule has 2 heterocycles. The average Bonchev–Trinajstić information content (AvgIpc) is 2.69. The minimum atomic E-state index is -0.601. The van der Waals surface area contributed by atoms with Crippen LogP contribution in [0, 0.1) is 0 Å². The fourth-order valence-corrected chi connectivity index (χ4v) is 1.71. The molecule has 6 heteroatoms. The molecule has 2 rings (SSSR count). The van der Waals surface area contributed by atoms with Crippen molar-refractivity contribution in [3.05, 3.63) is 29.8 Å². The van der Waals surface area contributed by atoms with Crippen molar-refractivity contribution in [2.24, 2.45) is 5.73 Å². The Balaban J connectivity index is 2.80. The van der Waals surface area contributed by atoms with Crippen molar-refractivity contribution in [2.45, 2.75) is 13.0 Å². The van der Waals surface area contributed by atoms with Crippen molar-refractivity contribution in [1.29, 1.82) is 0 Å². The maximum atomic E-state index is 11.6. The van der Waals surface area contributed by atoms with Crippen LogP contribution < -0.4 is 5.73 Å². The number of ether oxygens (including phenoxy) is 1. The number of aromatic hydroxyl groups is 1. The fourth-order valence-electron chi connectivity index (χ4n) is 1.71. The smallest absolute Gasteiger partial charge is 0.359 e. The van der Waals surface area contributed by atoms with Crippen LogP contribution in [0.1, 0.15) is 29.3 Å². The first-order valence-electron chi connectivity index (χ1n) is 5.10.